The molecule has 3 aliphatic rings. The van der Waals surface area contributed by atoms with E-state index >= 15 is 0 Å². The molecule has 0 radical (unpaired) electrons. The minimum absolute atomic E-state index is 0.0602. The van der Waals surface area contributed by atoms with Crippen LogP contribution in [-0.2, 0) is 15.0 Å². The van der Waals surface area contributed by atoms with Crippen LogP contribution in [0.4, 0.5) is 0 Å². The molecule has 5 nitrogen and oxygen atoms in total. The Bertz CT molecular complexity index is 772. The Morgan fingerprint density at radius 1 is 1.52 bits per heavy atom. The fourth-order valence-electron chi connectivity index (χ4n) is 4.19. The van der Waals surface area contributed by atoms with Crippen LogP contribution in [0.3, 0.4) is 0 Å². The third kappa shape index (κ3) is 1.84. The predicted octanol–water partition coefficient (Wildman–Crippen LogP) is 2.35. The first-order valence-corrected chi connectivity index (χ1v) is 8.36. The third-order valence-corrected chi connectivity index (χ3v) is 5.90. The molecule has 1 aliphatic heterocycles. The lowest BCUT2D eigenvalue weighted by atomic mass is 9.62. The van der Waals surface area contributed by atoms with Crippen LogP contribution in [-0.4, -0.2) is 24.9 Å². The number of hydrogen-bond acceptors (Lipinski definition) is 4. The zero-order valence-electron chi connectivity index (χ0n) is 12.6. The average Bonchev–Trinajstić information content (AvgIpc) is 2.85. The molecule has 2 N–H and O–H groups in total. The number of ether oxygens (including phenoxy) is 2. The monoisotopic (exact) mass is 377 g/mol. The van der Waals surface area contributed by atoms with Gasteiger partial charge in [0.1, 0.15) is 6.10 Å². The Hall–Kier alpha value is -1.82. The Morgan fingerprint density at radius 3 is 3.00 bits per heavy atom. The van der Waals surface area contributed by atoms with E-state index in [9.17, 15) is 9.59 Å². The van der Waals surface area contributed by atoms with Gasteiger partial charge in [-0.2, -0.15) is 0 Å². The molecule has 0 aromatic heterocycles. The van der Waals surface area contributed by atoms with Gasteiger partial charge in [0.25, 0.3) is 0 Å². The maximum atomic E-state index is 11.9. The molecule has 1 aromatic carbocycles. The molecule has 0 saturated heterocycles. The number of rotatable bonds is 2. The second kappa shape index (κ2) is 4.84. The van der Waals surface area contributed by atoms with Gasteiger partial charge in [-0.1, -0.05) is 22.0 Å². The zero-order valence-corrected chi connectivity index (χ0v) is 14.2. The molecule has 0 bridgehead atoms. The van der Waals surface area contributed by atoms with Gasteiger partial charge in [-0.15, -0.1) is 0 Å². The summed E-state index contributed by atoms with van der Waals surface area (Å²) >= 11 is 3.56. The fraction of sp³-hybridized carbons (Fsp3) is 0.412. The van der Waals surface area contributed by atoms with Crippen LogP contribution in [0.25, 0.3) is 0 Å². The Labute approximate surface area is 141 Å². The van der Waals surface area contributed by atoms with Crippen molar-refractivity contribution in [3.63, 3.8) is 0 Å². The molecule has 1 spiro atoms. The smallest absolute Gasteiger partial charge is 0.225 e. The summed E-state index contributed by atoms with van der Waals surface area (Å²) < 4.78 is 12.4. The SMILES string of the molecule is COc1cc(Br)c2c3c1OC1CC(=O)C=CC31CCC2C(N)=O. The Morgan fingerprint density at radius 2 is 2.30 bits per heavy atom. The van der Waals surface area contributed by atoms with Gasteiger partial charge in [0, 0.05) is 16.5 Å². The first kappa shape index (κ1) is 14.8. The topological polar surface area (TPSA) is 78.6 Å². The maximum absolute atomic E-state index is 11.9. The summed E-state index contributed by atoms with van der Waals surface area (Å²) in [6.45, 7) is 0. The number of primary amides is 1. The Kier molecular flexibility index (Phi) is 3.10. The number of hydrogen-bond donors (Lipinski definition) is 1. The molecular formula is C17H16BrNO4. The van der Waals surface area contributed by atoms with Gasteiger partial charge >= 0.3 is 0 Å². The van der Waals surface area contributed by atoms with Crippen molar-refractivity contribution in [2.75, 3.05) is 7.11 Å². The van der Waals surface area contributed by atoms with Gasteiger partial charge in [0.15, 0.2) is 17.3 Å². The Balaban J connectivity index is 2.03. The molecule has 23 heavy (non-hydrogen) atoms. The molecule has 6 heteroatoms. The molecule has 0 fully saturated rings. The average molecular weight is 378 g/mol. The number of nitrogens with two attached hydrogens (primary N) is 1. The number of halogens is 1. The van der Waals surface area contributed by atoms with Gasteiger partial charge < -0.3 is 15.2 Å². The predicted molar refractivity (Wildman–Crippen MR) is 86.7 cm³/mol. The van der Waals surface area contributed by atoms with Crippen LogP contribution in [0.2, 0.25) is 0 Å². The summed E-state index contributed by atoms with van der Waals surface area (Å²) in [5.41, 5.74) is 7.08. The van der Waals surface area contributed by atoms with Crippen LogP contribution in [0.5, 0.6) is 11.5 Å². The highest BCUT2D eigenvalue weighted by Gasteiger charge is 2.55. The van der Waals surface area contributed by atoms with E-state index in [0.29, 0.717) is 24.3 Å². The van der Waals surface area contributed by atoms with Gasteiger partial charge in [0.05, 0.1) is 18.4 Å². The lowest BCUT2D eigenvalue weighted by Crippen LogP contribution is -2.44. The van der Waals surface area contributed by atoms with Crippen molar-refractivity contribution in [2.24, 2.45) is 5.73 Å². The molecule has 3 atom stereocenters. The summed E-state index contributed by atoms with van der Waals surface area (Å²) in [5, 5.41) is 0. The van der Waals surface area contributed by atoms with E-state index in [2.05, 4.69) is 15.9 Å². The van der Waals surface area contributed by atoms with Crippen molar-refractivity contribution in [2.45, 2.75) is 36.7 Å². The summed E-state index contributed by atoms with van der Waals surface area (Å²) in [5.74, 6) is 0.608. The van der Waals surface area contributed by atoms with Gasteiger partial charge in [0.2, 0.25) is 5.91 Å². The normalized spacial score (nSPS) is 30.4. The van der Waals surface area contributed by atoms with E-state index < -0.39 is 0 Å². The number of allylic oxidation sites excluding steroid dienone is 1. The highest BCUT2D eigenvalue weighted by molar-refractivity contribution is 9.10. The van der Waals surface area contributed by atoms with E-state index in [1.165, 1.54) is 0 Å². The van der Waals surface area contributed by atoms with Gasteiger partial charge in [-0.05, 0) is 30.5 Å². The molecule has 1 amide bonds. The van der Waals surface area contributed by atoms with Crippen LogP contribution in [0.1, 0.15) is 36.3 Å². The highest BCUT2D eigenvalue weighted by Crippen LogP contribution is 2.60. The second-order valence-electron chi connectivity index (χ2n) is 6.32. The van der Waals surface area contributed by atoms with Crippen molar-refractivity contribution in [1.82, 2.24) is 0 Å². The van der Waals surface area contributed by atoms with Crippen molar-refractivity contribution in [1.29, 1.82) is 0 Å². The summed E-state index contributed by atoms with van der Waals surface area (Å²) in [4.78, 5) is 23.8. The van der Waals surface area contributed by atoms with Crippen LogP contribution in [0, 0.1) is 0 Å². The van der Waals surface area contributed by atoms with Crippen molar-refractivity contribution < 1.29 is 19.1 Å². The quantitative estimate of drug-likeness (QED) is 0.857. The highest BCUT2D eigenvalue weighted by atomic mass is 79.9. The summed E-state index contributed by atoms with van der Waals surface area (Å²) in [7, 11) is 1.58. The number of amides is 1. The van der Waals surface area contributed by atoms with E-state index in [1.807, 2.05) is 12.1 Å². The molecule has 4 rings (SSSR count). The minimum atomic E-state index is -0.373. The number of carbonyl (C=O) groups excluding carboxylic acids is 2. The van der Waals surface area contributed by atoms with E-state index in [1.54, 1.807) is 13.2 Å². The van der Waals surface area contributed by atoms with E-state index in [4.69, 9.17) is 15.2 Å². The number of carbonyl (C=O) groups is 2. The largest absolute Gasteiger partial charge is 0.493 e. The number of ketones is 1. The minimum Gasteiger partial charge on any atom is -0.493 e. The third-order valence-electron chi connectivity index (χ3n) is 5.25. The molecule has 0 saturated carbocycles. The molecular weight excluding hydrogens is 362 g/mol. The standard InChI is InChI=1S/C17H16BrNO4/c1-22-11-7-10(18)13-9(16(19)21)3-5-17-4-2-8(20)6-12(17)23-15(11)14(13)17/h2,4,7,9,12H,3,5-6H2,1H3,(H2,19,21). The number of methoxy groups -OCH3 is 1. The van der Waals surface area contributed by atoms with Crippen molar-refractivity contribution in [3.05, 3.63) is 33.8 Å². The van der Waals surface area contributed by atoms with Gasteiger partial charge in [-0.3, -0.25) is 9.59 Å². The lowest BCUT2D eigenvalue weighted by Gasteiger charge is -2.39. The van der Waals surface area contributed by atoms with Crippen LogP contribution < -0.4 is 15.2 Å². The van der Waals surface area contributed by atoms with Crippen LogP contribution >= 0.6 is 15.9 Å². The number of benzene rings is 1. The van der Waals surface area contributed by atoms with E-state index in [0.717, 1.165) is 22.0 Å². The van der Waals surface area contributed by atoms with Gasteiger partial charge in [-0.25, -0.2) is 0 Å². The van der Waals surface area contributed by atoms with Crippen LogP contribution in [0.15, 0.2) is 22.7 Å². The molecule has 3 unspecified atom stereocenters. The second-order valence-corrected chi connectivity index (χ2v) is 7.18. The molecule has 120 valence electrons. The summed E-state index contributed by atoms with van der Waals surface area (Å²) in [6.07, 6.45) is 5.05. The zero-order chi connectivity index (χ0) is 16.4. The van der Waals surface area contributed by atoms with Crippen molar-refractivity contribution in [3.8, 4) is 11.5 Å². The molecule has 2 aliphatic carbocycles. The molecule has 1 aromatic rings. The molecule has 1 heterocycles. The first-order valence-electron chi connectivity index (χ1n) is 7.57. The first-order chi connectivity index (χ1) is 11.0. The lowest BCUT2D eigenvalue weighted by molar-refractivity contribution is -0.120. The van der Waals surface area contributed by atoms with E-state index in [-0.39, 0.29) is 29.1 Å². The maximum Gasteiger partial charge on any atom is 0.225 e. The fourth-order valence-corrected chi connectivity index (χ4v) is 4.87. The summed E-state index contributed by atoms with van der Waals surface area (Å²) in [6, 6.07) is 1.81. The van der Waals surface area contributed by atoms with Crippen molar-refractivity contribution >= 4 is 27.6 Å².